The Hall–Kier alpha value is -1.46. The molecule has 2 unspecified atom stereocenters. The summed E-state index contributed by atoms with van der Waals surface area (Å²) in [6.45, 7) is 3.51. The lowest BCUT2D eigenvalue weighted by Crippen LogP contribution is -2.34. The van der Waals surface area contributed by atoms with E-state index < -0.39 is 6.10 Å². The SMILES string of the molecule is CC(NCCOCCO)C(O)c1ccc2ccccc2c1. The zero-order chi connectivity index (χ0) is 15.1. The first-order valence-corrected chi connectivity index (χ1v) is 7.31. The molecule has 2 atom stereocenters. The molecule has 3 N–H and O–H groups in total. The number of nitrogens with one attached hydrogen (secondary N) is 1. The van der Waals surface area contributed by atoms with Crippen molar-refractivity contribution < 1.29 is 14.9 Å². The number of aliphatic hydroxyl groups excluding tert-OH is 2. The number of fused-ring (bicyclic) bond motifs is 1. The highest BCUT2D eigenvalue weighted by Crippen LogP contribution is 2.22. The third-order valence-electron chi connectivity index (χ3n) is 3.54. The largest absolute Gasteiger partial charge is 0.394 e. The van der Waals surface area contributed by atoms with E-state index in [4.69, 9.17) is 9.84 Å². The molecule has 2 aromatic carbocycles. The Morgan fingerprint density at radius 1 is 1.10 bits per heavy atom. The molecule has 0 spiro atoms. The zero-order valence-electron chi connectivity index (χ0n) is 12.3. The van der Waals surface area contributed by atoms with Crippen LogP contribution < -0.4 is 5.32 Å². The summed E-state index contributed by atoms with van der Waals surface area (Å²) in [4.78, 5) is 0. The molecule has 2 rings (SSSR count). The molecule has 4 nitrogen and oxygen atoms in total. The summed E-state index contributed by atoms with van der Waals surface area (Å²) in [5.41, 5.74) is 0.907. The second kappa shape index (κ2) is 8.10. The van der Waals surface area contributed by atoms with E-state index in [1.54, 1.807) is 0 Å². The van der Waals surface area contributed by atoms with E-state index in [-0.39, 0.29) is 12.6 Å². The monoisotopic (exact) mass is 289 g/mol. The van der Waals surface area contributed by atoms with E-state index in [0.29, 0.717) is 19.8 Å². The molecule has 4 heteroatoms. The Labute approximate surface area is 125 Å². The molecule has 2 aromatic rings. The first-order chi connectivity index (χ1) is 10.2. The predicted octanol–water partition coefficient (Wildman–Crippen LogP) is 1.86. The van der Waals surface area contributed by atoms with Crippen molar-refractivity contribution in [2.75, 3.05) is 26.4 Å². The van der Waals surface area contributed by atoms with Gasteiger partial charge >= 0.3 is 0 Å². The van der Waals surface area contributed by atoms with E-state index >= 15 is 0 Å². The highest BCUT2D eigenvalue weighted by Gasteiger charge is 2.15. The summed E-state index contributed by atoms with van der Waals surface area (Å²) in [6, 6.07) is 14.1. The molecule has 0 amide bonds. The van der Waals surface area contributed by atoms with Gasteiger partial charge in [-0.2, -0.15) is 0 Å². The number of hydrogen-bond donors (Lipinski definition) is 3. The molecule has 0 aliphatic rings. The Balaban J connectivity index is 1.92. The molecule has 0 aliphatic heterocycles. The predicted molar refractivity (Wildman–Crippen MR) is 84.3 cm³/mol. The quantitative estimate of drug-likeness (QED) is 0.649. The molecule has 0 bridgehead atoms. The first-order valence-electron chi connectivity index (χ1n) is 7.31. The average molecular weight is 289 g/mol. The number of ether oxygens (including phenoxy) is 1. The number of aliphatic hydroxyl groups is 2. The Morgan fingerprint density at radius 3 is 2.62 bits per heavy atom. The molecule has 0 radical (unpaired) electrons. The van der Waals surface area contributed by atoms with Gasteiger partial charge in [0.15, 0.2) is 0 Å². The van der Waals surface area contributed by atoms with Crippen molar-refractivity contribution in [3.8, 4) is 0 Å². The molecular formula is C17H23NO3. The Kier molecular flexibility index (Phi) is 6.14. The van der Waals surface area contributed by atoms with Crippen LogP contribution in [-0.4, -0.2) is 42.6 Å². The minimum atomic E-state index is -0.563. The van der Waals surface area contributed by atoms with Crippen LogP contribution in [0.3, 0.4) is 0 Å². The Morgan fingerprint density at radius 2 is 1.86 bits per heavy atom. The van der Waals surface area contributed by atoms with Crippen LogP contribution in [0.5, 0.6) is 0 Å². The fourth-order valence-corrected chi connectivity index (χ4v) is 2.32. The fourth-order valence-electron chi connectivity index (χ4n) is 2.32. The number of hydrogen-bond acceptors (Lipinski definition) is 4. The molecular weight excluding hydrogens is 266 g/mol. The van der Waals surface area contributed by atoms with Crippen LogP contribution >= 0.6 is 0 Å². The van der Waals surface area contributed by atoms with Gasteiger partial charge in [-0.3, -0.25) is 0 Å². The van der Waals surface area contributed by atoms with Gasteiger partial charge in [0.05, 0.1) is 25.9 Å². The van der Waals surface area contributed by atoms with Crippen LogP contribution in [0.15, 0.2) is 42.5 Å². The summed E-state index contributed by atoms with van der Waals surface area (Å²) < 4.78 is 5.18. The lowest BCUT2D eigenvalue weighted by Gasteiger charge is -2.21. The van der Waals surface area contributed by atoms with Crippen molar-refractivity contribution in [2.24, 2.45) is 0 Å². The number of rotatable bonds is 8. The van der Waals surface area contributed by atoms with Crippen LogP contribution in [0.4, 0.5) is 0 Å². The summed E-state index contributed by atoms with van der Waals surface area (Å²) in [5.74, 6) is 0. The maximum Gasteiger partial charge on any atom is 0.0940 e. The van der Waals surface area contributed by atoms with Gasteiger partial charge in [-0.05, 0) is 29.3 Å². The number of benzene rings is 2. The summed E-state index contributed by atoms with van der Waals surface area (Å²) in [6.07, 6.45) is -0.563. The van der Waals surface area contributed by atoms with Crippen LogP contribution in [0.2, 0.25) is 0 Å². The van der Waals surface area contributed by atoms with E-state index in [9.17, 15) is 5.11 Å². The van der Waals surface area contributed by atoms with Crippen molar-refractivity contribution in [3.63, 3.8) is 0 Å². The molecule has 0 aromatic heterocycles. The fraction of sp³-hybridized carbons (Fsp3) is 0.412. The summed E-state index contributed by atoms with van der Waals surface area (Å²) in [5, 5.41) is 24.6. The maximum absolute atomic E-state index is 10.4. The first kappa shape index (κ1) is 15.9. The highest BCUT2D eigenvalue weighted by atomic mass is 16.5. The van der Waals surface area contributed by atoms with Gasteiger partial charge in [0.25, 0.3) is 0 Å². The van der Waals surface area contributed by atoms with Gasteiger partial charge in [0, 0.05) is 12.6 Å². The van der Waals surface area contributed by atoms with E-state index in [1.807, 2.05) is 43.3 Å². The zero-order valence-corrected chi connectivity index (χ0v) is 12.3. The lowest BCUT2D eigenvalue weighted by molar-refractivity contribution is 0.0850. The van der Waals surface area contributed by atoms with Crippen molar-refractivity contribution in [2.45, 2.75) is 19.1 Å². The normalized spacial score (nSPS) is 14.2. The van der Waals surface area contributed by atoms with Crippen molar-refractivity contribution in [3.05, 3.63) is 48.0 Å². The third kappa shape index (κ3) is 4.51. The minimum absolute atomic E-state index is 0.0370. The molecule has 0 aliphatic carbocycles. The van der Waals surface area contributed by atoms with Gasteiger partial charge in [-0.1, -0.05) is 36.4 Å². The second-order valence-electron chi connectivity index (χ2n) is 5.13. The van der Waals surface area contributed by atoms with Gasteiger partial charge in [0.1, 0.15) is 0 Å². The van der Waals surface area contributed by atoms with Crippen LogP contribution in [-0.2, 0) is 4.74 Å². The van der Waals surface area contributed by atoms with Gasteiger partial charge in [-0.25, -0.2) is 0 Å². The van der Waals surface area contributed by atoms with Crippen LogP contribution in [0.25, 0.3) is 10.8 Å². The smallest absolute Gasteiger partial charge is 0.0940 e. The minimum Gasteiger partial charge on any atom is -0.394 e. The topological polar surface area (TPSA) is 61.7 Å². The highest BCUT2D eigenvalue weighted by molar-refractivity contribution is 5.83. The van der Waals surface area contributed by atoms with Gasteiger partial charge < -0.3 is 20.3 Å². The second-order valence-corrected chi connectivity index (χ2v) is 5.13. The van der Waals surface area contributed by atoms with E-state index in [0.717, 1.165) is 10.9 Å². The van der Waals surface area contributed by atoms with Crippen molar-refractivity contribution in [1.82, 2.24) is 5.32 Å². The summed E-state index contributed by atoms with van der Waals surface area (Å²) >= 11 is 0. The van der Waals surface area contributed by atoms with Gasteiger partial charge in [-0.15, -0.1) is 0 Å². The standard InChI is InChI=1S/C17H23NO3/c1-13(18-8-10-21-11-9-19)17(20)16-7-6-14-4-2-3-5-15(14)12-16/h2-7,12-13,17-20H,8-11H2,1H3. The molecule has 114 valence electrons. The van der Waals surface area contributed by atoms with Crippen LogP contribution in [0.1, 0.15) is 18.6 Å². The van der Waals surface area contributed by atoms with E-state index in [2.05, 4.69) is 11.4 Å². The van der Waals surface area contributed by atoms with Gasteiger partial charge in [0.2, 0.25) is 0 Å². The molecule has 21 heavy (non-hydrogen) atoms. The lowest BCUT2D eigenvalue weighted by atomic mass is 10.00. The molecule has 0 saturated heterocycles. The maximum atomic E-state index is 10.4. The molecule has 0 saturated carbocycles. The Bertz CT molecular complexity index is 558. The van der Waals surface area contributed by atoms with Crippen molar-refractivity contribution in [1.29, 1.82) is 0 Å². The third-order valence-corrected chi connectivity index (χ3v) is 3.54. The van der Waals surface area contributed by atoms with E-state index in [1.165, 1.54) is 5.39 Å². The molecule has 0 fully saturated rings. The average Bonchev–Trinajstić information content (AvgIpc) is 2.53. The molecule has 0 heterocycles. The van der Waals surface area contributed by atoms with Crippen molar-refractivity contribution >= 4 is 10.8 Å². The van der Waals surface area contributed by atoms with Crippen LogP contribution in [0, 0.1) is 0 Å². The summed E-state index contributed by atoms with van der Waals surface area (Å²) in [7, 11) is 0.